The Morgan fingerprint density at radius 3 is 2.75 bits per heavy atom. The van der Waals surface area contributed by atoms with Gasteiger partial charge in [0.15, 0.2) is 0 Å². The lowest BCUT2D eigenvalue weighted by Crippen LogP contribution is -2.15. The molecular weight excluding hydrogens is 342 g/mol. The molecule has 0 aliphatic heterocycles. The quantitative estimate of drug-likeness (QED) is 0.866. The topological polar surface area (TPSA) is 54.0 Å². The minimum atomic E-state index is -0.346. The number of carbonyl (C=O) groups is 1. The number of anilines is 2. The van der Waals surface area contributed by atoms with Crippen LogP contribution in [-0.2, 0) is 0 Å². The maximum absolute atomic E-state index is 12.2. The molecule has 0 fully saturated rings. The van der Waals surface area contributed by atoms with Crippen molar-refractivity contribution in [3.63, 3.8) is 0 Å². The van der Waals surface area contributed by atoms with Gasteiger partial charge in [0.25, 0.3) is 5.91 Å². The SMILES string of the molecule is CCNc1ccc(Cl)c(C(=O)Nc2ccccc2Br)n1. The van der Waals surface area contributed by atoms with Gasteiger partial charge in [0.2, 0.25) is 0 Å². The van der Waals surface area contributed by atoms with Crippen LogP contribution in [0, 0.1) is 0 Å². The van der Waals surface area contributed by atoms with Crippen molar-refractivity contribution in [3.05, 3.63) is 51.6 Å². The van der Waals surface area contributed by atoms with E-state index in [1.54, 1.807) is 18.2 Å². The normalized spacial score (nSPS) is 10.2. The molecule has 0 saturated heterocycles. The minimum Gasteiger partial charge on any atom is -0.370 e. The Balaban J connectivity index is 2.25. The molecule has 0 radical (unpaired) electrons. The first-order valence-corrected chi connectivity index (χ1v) is 7.25. The first-order chi connectivity index (χ1) is 9.61. The van der Waals surface area contributed by atoms with Gasteiger partial charge < -0.3 is 10.6 Å². The molecule has 2 aromatic rings. The predicted molar refractivity (Wildman–Crippen MR) is 85.5 cm³/mol. The van der Waals surface area contributed by atoms with Gasteiger partial charge in [0.05, 0.1) is 10.7 Å². The average molecular weight is 355 g/mol. The maximum atomic E-state index is 12.2. The Labute approximate surface area is 130 Å². The number of carbonyl (C=O) groups excluding carboxylic acids is 1. The van der Waals surface area contributed by atoms with E-state index in [1.807, 2.05) is 25.1 Å². The first-order valence-electron chi connectivity index (χ1n) is 6.08. The molecule has 4 nitrogen and oxygen atoms in total. The lowest BCUT2D eigenvalue weighted by atomic mass is 10.3. The molecule has 0 spiro atoms. The van der Waals surface area contributed by atoms with Crippen LogP contribution in [0.3, 0.4) is 0 Å². The largest absolute Gasteiger partial charge is 0.370 e. The van der Waals surface area contributed by atoms with E-state index < -0.39 is 0 Å². The Morgan fingerprint density at radius 1 is 1.30 bits per heavy atom. The molecular formula is C14H13BrClN3O. The highest BCUT2D eigenvalue weighted by Crippen LogP contribution is 2.23. The second kappa shape index (κ2) is 6.72. The monoisotopic (exact) mass is 353 g/mol. The third-order valence-electron chi connectivity index (χ3n) is 2.54. The van der Waals surface area contributed by atoms with Gasteiger partial charge in [-0.2, -0.15) is 0 Å². The van der Waals surface area contributed by atoms with Crippen molar-refractivity contribution < 1.29 is 4.79 Å². The number of nitrogens with one attached hydrogen (secondary N) is 2. The molecule has 0 aliphatic rings. The molecule has 0 saturated carbocycles. The smallest absolute Gasteiger partial charge is 0.275 e. The minimum absolute atomic E-state index is 0.195. The molecule has 6 heteroatoms. The molecule has 0 atom stereocenters. The fraction of sp³-hybridized carbons (Fsp3) is 0.143. The van der Waals surface area contributed by atoms with Crippen molar-refractivity contribution in [2.75, 3.05) is 17.2 Å². The predicted octanol–water partition coefficient (Wildman–Crippen LogP) is 4.18. The summed E-state index contributed by atoms with van der Waals surface area (Å²) in [5, 5.41) is 6.14. The van der Waals surface area contributed by atoms with Crippen molar-refractivity contribution in [2.45, 2.75) is 6.92 Å². The Morgan fingerprint density at radius 2 is 2.05 bits per heavy atom. The van der Waals surface area contributed by atoms with E-state index in [9.17, 15) is 4.79 Å². The number of pyridine rings is 1. The number of rotatable bonds is 4. The zero-order chi connectivity index (χ0) is 14.5. The van der Waals surface area contributed by atoms with Gasteiger partial charge in [-0.1, -0.05) is 23.7 Å². The number of hydrogen-bond donors (Lipinski definition) is 2. The molecule has 0 bridgehead atoms. The van der Waals surface area contributed by atoms with Crippen LogP contribution in [0.1, 0.15) is 17.4 Å². The van der Waals surface area contributed by atoms with Crippen LogP contribution in [0.4, 0.5) is 11.5 Å². The van der Waals surface area contributed by atoms with Gasteiger partial charge in [-0.05, 0) is 47.1 Å². The highest BCUT2D eigenvalue weighted by atomic mass is 79.9. The molecule has 0 unspecified atom stereocenters. The van der Waals surface area contributed by atoms with E-state index in [0.717, 1.165) is 11.0 Å². The summed E-state index contributed by atoms with van der Waals surface area (Å²) in [5.41, 5.74) is 0.866. The maximum Gasteiger partial charge on any atom is 0.275 e. The van der Waals surface area contributed by atoms with Gasteiger partial charge in [0.1, 0.15) is 11.5 Å². The molecule has 0 aliphatic carbocycles. The van der Waals surface area contributed by atoms with Crippen LogP contribution in [0.5, 0.6) is 0 Å². The summed E-state index contributed by atoms with van der Waals surface area (Å²) in [5.74, 6) is 0.274. The number of aromatic nitrogens is 1. The van der Waals surface area contributed by atoms with Crippen molar-refractivity contribution in [2.24, 2.45) is 0 Å². The van der Waals surface area contributed by atoms with Gasteiger partial charge >= 0.3 is 0 Å². The highest BCUT2D eigenvalue weighted by Gasteiger charge is 2.14. The molecule has 1 aromatic heterocycles. The summed E-state index contributed by atoms with van der Waals surface area (Å²) in [6, 6.07) is 10.7. The molecule has 1 heterocycles. The second-order valence-corrected chi connectivity index (χ2v) is 5.25. The Bertz CT molecular complexity index is 634. The number of benzene rings is 1. The van der Waals surface area contributed by atoms with Crippen LogP contribution < -0.4 is 10.6 Å². The third-order valence-corrected chi connectivity index (χ3v) is 3.54. The summed E-state index contributed by atoms with van der Waals surface area (Å²) in [6.07, 6.45) is 0. The first kappa shape index (κ1) is 14.8. The van der Waals surface area contributed by atoms with Crippen molar-refractivity contribution in [1.29, 1.82) is 0 Å². The summed E-state index contributed by atoms with van der Waals surface area (Å²) >= 11 is 9.41. The van der Waals surface area contributed by atoms with E-state index in [4.69, 9.17) is 11.6 Å². The Kier molecular flexibility index (Phi) is 4.98. The number of amides is 1. The number of para-hydroxylation sites is 1. The number of nitrogens with zero attached hydrogens (tertiary/aromatic N) is 1. The van der Waals surface area contributed by atoms with E-state index in [-0.39, 0.29) is 11.6 Å². The molecule has 2 N–H and O–H groups in total. The van der Waals surface area contributed by atoms with E-state index >= 15 is 0 Å². The number of halogens is 2. The number of hydrogen-bond acceptors (Lipinski definition) is 3. The van der Waals surface area contributed by atoms with Crippen LogP contribution >= 0.6 is 27.5 Å². The second-order valence-electron chi connectivity index (χ2n) is 3.99. The molecule has 20 heavy (non-hydrogen) atoms. The summed E-state index contributed by atoms with van der Waals surface area (Å²) in [6.45, 7) is 2.68. The van der Waals surface area contributed by atoms with Crippen molar-refractivity contribution >= 4 is 44.9 Å². The third kappa shape index (κ3) is 3.49. The molecule has 1 aromatic carbocycles. The average Bonchev–Trinajstić information content (AvgIpc) is 2.43. The van der Waals surface area contributed by atoms with Crippen LogP contribution in [0.2, 0.25) is 5.02 Å². The van der Waals surface area contributed by atoms with Gasteiger partial charge in [-0.25, -0.2) is 4.98 Å². The zero-order valence-corrected chi connectivity index (χ0v) is 13.1. The molecule has 2 rings (SSSR count). The van der Waals surface area contributed by atoms with Gasteiger partial charge in [0, 0.05) is 11.0 Å². The van der Waals surface area contributed by atoms with Crippen LogP contribution in [0.15, 0.2) is 40.9 Å². The lowest BCUT2D eigenvalue weighted by molar-refractivity contribution is 0.102. The summed E-state index contributed by atoms with van der Waals surface area (Å²) in [4.78, 5) is 16.5. The van der Waals surface area contributed by atoms with E-state index in [0.29, 0.717) is 16.5 Å². The molecule has 104 valence electrons. The highest BCUT2D eigenvalue weighted by molar-refractivity contribution is 9.10. The van der Waals surface area contributed by atoms with E-state index in [1.165, 1.54) is 0 Å². The van der Waals surface area contributed by atoms with Gasteiger partial charge in [-0.3, -0.25) is 4.79 Å². The fourth-order valence-corrected chi connectivity index (χ4v) is 2.20. The standard InChI is InChI=1S/C14H13BrClN3O/c1-2-17-12-8-7-10(16)13(19-12)14(20)18-11-6-4-3-5-9(11)15/h3-8H,2H2,1H3,(H,17,19)(H,18,20). The van der Waals surface area contributed by atoms with Gasteiger partial charge in [-0.15, -0.1) is 0 Å². The van der Waals surface area contributed by atoms with Crippen LogP contribution in [0.25, 0.3) is 0 Å². The lowest BCUT2D eigenvalue weighted by Gasteiger charge is -2.09. The summed E-state index contributed by atoms with van der Waals surface area (Å²) in [7, 11) is 0. The Hall–Kier alpha value is -1.59. The van der Waals surface area contributed by atoms with Crippen molar-refractivity contribution in [3.8, 4) is 0 Å². The van der Waals surface area contributed by atoms with E-state index in [2.05, 4.69) is 31.5 Å². The molecule has 1 amide bonds. The summed E-state index contributed by atoms with van der Waals surface area (Å²) < 4.78 is 0.798. The van der Waals surface area contributed by atoms with Crippen molar-refractivity contribution in [1.82, 2.24) is 4.98 Å². The fourth-order valence-electron chi connectivity index (χ4n) is 1.63. The zero-order valence-electron chi connectivity index (χ0n) is 10.8. The van der Waals surface area contributed by atoms with Crippen LogP contribution in [-0.4, -0.2) is 17.4 Å².